The fourth-order valence-corrected chi connectivity index (χ4v) is 2.28. The van der Waals surface area contributed by atoms with Crippen molar-refractivity contribution in [1.82, 2.24) is 0 Å². The Bertz CT molecular complexity index is 636. The predicted octanol–water partition coefficient (Wildman–Crippen LogP) is 4.63. The molecule has 0 saturated carbocycles. The summed E-state index contributed by atoms with van der Waals surface area (Å²) in [5, 5.41) is 0.143. The van der Waals surface area contributed by atoms with E-state index in [1.165, 1.54) is 30.3 Å². The van der Waals surface area contributed by atoms with Crippen LogP contribution in [-0.2, 0) is 17.6 Å². The second kappa shape index (κ2) is 6.33. The summed E-state index contributed by atoms with van der Waals surface area (Å²) in [5.41, 5.74) is 0.316. The largest absolute Gasteiger partial charge is 0.299 e. The van der Waals surface area contributed by atoms with Crippen LogP contribution in [0.15, 0.2) is 36.4 Å². The molecule has 0 amide bonds. The van der Waals surface area contributed by atoms with E-state index in [-0.39, 0.29) is 39.8 Å². The van der Waals surface area contributed by atoms with Gasteiger partial charge in [-0.1, -0.05) is 41.4 Å². The van der Waals surface area contributed by atoms with Crippen molar-refractivity contribution in [3.8, 4) is 0 Å². The molecule has 0 N–H and O–H groups in total. The molecule has 104 valence electrons. The van der Waals surface area contributed by atoms with Gasteiger partial charge in [0.25, 0.3) is 0 Å². The molecule has 1 nitrogen and oxygen atoms in total. The third kappa shape index (κ3) is 3.35. The Hall–Kier alpha value is -1.45. The summed E-state index contributed by atoms with van der Waals surface area (Å²) in [6.45, 7) is 0. The molecule has 0 aromatic heterocycles. The van der Waals surface area contributed by atoms with E-state index in [2.05, 4.69) is 0 Å². The molecule has 2 aromatic rings. The lowest BCUT2D eigenvalue weighted by Gasteiger charge is -2.06. The SMILES string of the molecule is O=C(Cc1cccc(Cl)c1F)Cc1c(F)cccc1Cl. The number of ketones is 1. The molecule has 0 aliphatic heterocycles. The number of carbonyl (C=O) groups is 1. The summed E-state index contributed by atoms with van der Waals surface area (Å²) >= 11 is 11.5. The molecule has 0 radical (unpaired) electrons. The maximum Gasteiger partial charge on any atom is 0.145 e. The van der Waals surface area contributed by atoms with Gasteiger partial charge in [0.05, 0.1) is 5.02 Å². The van der Waals surface area contributed by atoms with Gasteiger partial charge in [0.2, 0.25) is 0 Å². The van der Waals surface area contributed by atoms with Crippen LogP contribution in [0.3, 0.4) is 0 Å². The standard InChI is InChI=1S/C15H10Cl2F2O/c16-12-4-2-6-14(18)11(12)8-10(20)7-9-3-1-5-13(17)15(9)19/h1-6H,7-8H2. The van der Waals surface area contributed by atoms with Gasteiger partial charge < -0.3 is 0 Å². The third-order valence-electron chi connectivity index (χ3n) is 2.85. The highest BCUT2D eigenvalue weighted by atomic mass is 35.5. The summed E-state index contributed by atoms with van der Waals surface area (Å²) in [6.07, 6.45) is -0.339. The molecular weight excluding hydrogens is 305 g/mol. The van der Waals surface area contributed by atoms with E-state index in [1.807, 2.05) is 0 Å². The monoisotopic (exact) mass is 314 g/mol. The van der Waals surface area contributed by atoms with Gasteiger partial charge in [-0.25, -0.2) is 8.78 Å². The fraction of sp³-hybridized carbons (Fsp3) is 0.133. The second-order valence-electron chi connectivity index (χ2n) is 4.31. The maximum absolute atomic E-state index is 13.7. The summed E-state index contributed by atoms with van der Waals surface area (Å²) < 4.78 is 27.2. The lowest BCUT2D eigenvalue weighted by Crippen LogP contribution is -2.09. The van der Waals surface area contributed by atoms with Crippen LogP contribution in [0.4, 0.5) is 8.78 Å². The molecular formula is C15H10Cl2F2O. The average Bonchev–Trinajstić information content (AvgIpc) is 2.39. The van der Waals surface area contributed by atoms with E-state index in [1.54, 1.807) is 6.07 Å². The smallest absolute Gasteiger partial charge is 0.145 e. The Kier molecular flexibility index (Phi) is 4.73. The normalized spacial score (nSPS) is 10.6. The highest BCUT2D eigenvalue weighted by molar-refractivity contribution is 6.31. The van der Waals surface area contributed by atoms with Crippen LogP contribution >= 0.6 is 23.2 Å². The van der Waals surface area contributed by atoms with Gasteiger partial charge in [-0.3, -0.25) is 4.79 Å². The van der Waals surface area contributed by atoms with Crippen LogP contribution < -0.4 is 0 Å². The van der Waals surface area contributed by atoms with E-state index in [0.29, 0.717) is 0 Å². The van der Waals surface area contributed by atoms with E-state index in [4.69, 9.17) is 23.2 Å². The van der Waals surface area contributed by atoms with Crippen LogP contribution in [0.1, 0.15) is 11.1 Å². The molecule has 5 heteroatoms. The lowest BCUT2D eigenvalue weighted by molar-refractivity contribution is -0.117. The zero-order valence-electron chi connectivity index (χ0n) is 10.3. The molecule has 0 spiro atoms. The first-order valence-corrected chi connectivity index (χ1v) is 6.62. The Morgan fingerprint density at radius 2 is 1.60 bits per heavy atom. The number of benzene rings is 2. The first-order chi connectivity index (χ1) is 9.49. The number of Topliss-reactive ketones (excluding diaryl/α,β-unsaturated/α-hetero) is 1. The molecule has 0 atom stereocenters. The molecule has 0 unspecified atom stereocenters. The van der Waals surface area contributed by atoms with Gasteiger partial charge >= 0.3 is 0 Å². The van der Waals surface area contributed by atoms with Gasteiger partial charge in [-0.15, -0.1) is 0 Å². The second-order valence-corrected chi connectivity index (χ2v) is 5.12. The lowest BCUT2D eigenvalue weighted by atomic mass is 10.0. The van der Waals surface area contributed by atoms with Crippen molar-refractivity contribution in [2.24, 2.45) is 0 Å². The Morgan fingerprint density at radius 1 is 0.950 bits per heavy atom. The number of hydrogen-bond donors (Lipinski definition) is 0. The van der Waals surface area contributed by atoms with Crippen LogP contribution in [0.5, 0.6) is 0 Å². The molecule has 0 heterocycles. The Balaban J connectivity index is 2.16. The molecule has 2 aromatic carbocycles. The van der Waals surface area contributed by atoms with Crippen molar-refractivity contribution in [3.63, 3.8) is 0 Å². The minimum Gasteiger partial charge on any atom is -0.299 e. The highest BCUT2D eigenvalue weighted by Gasteiger charge is 2.15. The molecule has 0 fully saturated rings. The quantitative estimate of drug-likeness (QED) is 0.804. The highest BCUT2D eigenvalue weighted by Crippen LogP contribution is 2.22. The first-order valence-electron chi connectivity index (χ1n) is 5.86. The van der Waals surface area contributed by atoms with Crippen LogP contribution in [0, 0.1) is 11.6 Å². The van der Waals surface area contributed by atoms with Gasteiger partial charge in [0.1, 0.15) is 17.4 Å². The van der Waals surface area contributed by atoms with Gasteiger partial charge in [0, 0.05) is 23.4 Å². The summed E-state index contributed by atoms with van der Waals surface area (Å²) in [7, 11) is 0. The maximum atomic E-state index is 13.7. The Morgan fingerprint density at radius 3 is 2.30 bits per heavy atom. The number of hydrogen-bond acceptors (Lipinski definition) is 1. The Labute approximate surface area is 125 Å². The van der Waals surface area contributed by atoms with Gasteiger partial charge in [-0.05, 0) is 23.8 Å². The molecule has 0 aliphatic rings. The van der Waals surface area contributed by atoms with Crippen LogP contribution in [-0.4, -0.2) is 5.78 Å². The minimum absolute atomic E-state index is 0.0424. The fourth-order valence-electron chi connectivity index (χ4n) is 1.86. The van der Waals surface area contributed by atoms with Crippen molar-refractivity contribution >= 4 is 29.0 Å². The number of carbonyl (C=O) groups excluding carboxylic acids is 1. The zero-order valence-corrected chi connectivity index (χ0v) is 11.8. The van der Waals surface area contributed by atoms with E-state index in [9.17, 15) is 13.6 Å². The number of rotatable bonds is 4. The van der Waals surface area contributed by atoms with Crippen LogP contribution in [0.25, 0.3) is 0 Å². The molecule has 0 bridgehead atoms. The summed E-state index contributed by atoms with van der Waals surface area (Å²) in [5.74, 6) is -1.50. The van der Waals surface area contributed by atoms with E-state index in [0.717, 1.165) is 0 Å². The molecule has 2 rings (SSSR count). The van der Waals surface area contributed by atoms with E-state index < -0.39 is 11.6 Å². The van der Waals surface area contributed by atoms with Crippen molar-refractivity contribution < 1.29 is 13.6 Å². The van der Waals surface area contributed by atoms with Crippen molar-refractivity contribution in [2.75, 3.05) is 0 Å². The third-order valence-corrected chi connectivity index (χ3v) is 3.50. The average molecular weight is 315 g/mol. The number of halogens is 4. The van der Waals surface area contributed by atoms with E-state index >= 15 is 0 Å². The zero-order chi connectivity index (χ0) is 14.7. The molecule has 0 aliphatic carbocycles. The van der Waals surface area contributed by atoms with Crippen molar-refractivity contribution in [2.45, 2.75) is 12.8 Å². The van der Waals surface area contributed by atoms with Gasteiger partial charge in [-0.2, -0.15) is 0 Å². The topological polar surface area (TPSA) is 17.1 Å². The molecule has 0 saturated heterocycles. The summed E-state index contributed by atoms with van der Waals surface area (Å²) in [4.78, 5) is 11.9. The van der Waals surface area contributed by atoms with Crippen molar-refractivity contribution in [1.29, 1.82) is 0 Å². The van der Waals surface area contributed by atoms with Crippen LogP contribution in [0.2, 0.25) is 10.0 Å². The first kappa shape index (κ1) is 14.9. The predicted molar refractivity (Wildman–Crippen MR) is 75.2 cm³/mol. The summed E-state index contributed by atoms with van der Waals surface area (Å²) in [6, 6.07) is 8.63. The van der Waals surface area contributed by atoms with Crippen molar-refractivity contribution in [3.05, 3.63) is 69.2 Å². The molecule has 20 heavy (non-hydrogen) atoms. The van der Waals surface area contributed by atoms with Gasteiger partial charge in [0.15, 0.2) is 0 Å². The minimum atomic E-state index is -0.623.